The predicted octanol–water partition coefficient (Wildman–Crippen LogP) is 4.79. The van der Waals surface area contributed by atoms with Gasteiger partial charge in [0.05, 0.1) is 11.9 Å². The zero-order chi connectivity index (χ0) is 17.2. The monoisotopic (exact) mass is 393 g/mol. The first-order valence-corrected chi connectivity index (χ1v) is 8.88. The van der Waals surface area contributed by atoms with Gasteiger partial charge in [0.2, 0.25) is 0 Å². The van der Waals surface area contributed by atoms with Crippen LogP contribution in [0, 0.1) is 0 Å². The fourth-order valence-corrected chi connectivity index (χ4v) is 3.25. The Morgan fingerprint density at radius 3 is 2.52 bits per heavy atom. The maximum absolute atomic E-state index is 12.8. The summed E-state index contributed by atoms with van der Waals surface area (Å²) in [5.41, 5.74) is 4.48. The minimum atomic E-state index is -0.0554. The van der Waals surface area contributed by atoms with Crippen molar-refractivity contribution in [3.05, 3.63) is 82.6 Å². The van der Waals surface area contributed by atoms with E-state index in [0.29, 0.717) is 12.2 Å². The highest BCUT2D eigenvalue weighted by Gasteiger charge is 2.25. The lowest BCUT2D eigenvalue weighted by atomic mass is 10.2. The number of hydrogen-bond donors (Lipinski definition) is 1. The number of carbonyl (C=O) groups excluding carboxylic acids is 1. The molecular formula is C20H16BrN3O. The molecule has 0 bridgehead atoms. The standard InChI is InChI=1S/C20H16BrN3O/c21-15-5-7-16(8-6-15)23-17-9-10-18(22-13-17)20(25)24-12-11-14-3-1-2-4-19(14)24/h1-10,13,23H,11-12H2. The van der Waals surface area contributed by atoms with Gasteiger partial charge in [-0.1, -0.05) is 34.1 Å². The van der Waals surface area contributed by atoms with Crippen LogP contribution >= 0.6 is 15.9 Å². The number of benzene rings is 2. The molecule has 1 aliphatic rings. The van der Waals surface area contributed by atoms with Crippen molar-refractivity contribution in [3.8, 4) is 0 Å². The maximum Gasteiger partial charge on any atom is 0.276 e. The number of fused-ring (bicyclic) bond motifs is 1. The van der Waals surface area contributed by atoms with Crippen molar-refractivity contribution in [3.63, 3.8) is 0 Å². The first-order chi connectivity index (χ1) is 12.2. The van der Waals surface area contributed by atoms with Gasteiger partial charge in [-0.25, -0.2) is 4.98 Å². The van der Waals surface area contributed by atoms with E-state index in [9.17, 15) is 4.79 Å². The molecule has 5 heteroatoms. The van der Waals surface area contributed by atoms with Gasteiger partial charge in [-0.15, -0.1) is 0 Å². The van der Waals surface area contributed by atoms with Gasteiger partial charge in [-0.3, -0.25) is 4.79 Å². The largest absolute Gasteiger partial charge is 0.354 e. The lowest BCUT2D eigenvalue weighted by Gasteiger charge is -2.17. The van der Waals surface area contributed by atoms with Crippen LogP contribution in [0.2, 0.25) is 0 Å². The van der Waals surface area contributed by atoms with Crippen molar-refractivity contribution < 1.29 is 4.79 Å². The van der Waals surface area contributed by atoms with Gasteiger partial charge >= 0.3 is 0 Å². The maximum atomic E-state index is 12.8. The molecule has 1 aromatic heterocycles. The van der Waals surface area contributed by atoms with Crippen molar-refractivity contribution in [1.29, 1.82) is 0 Å². The van der Waals surface area contributed by atoms with Crippen LogP contribution in [-0.4, -0.2) is 17.4 Å². The van der Waals surface area contributed by atoms with E-state index in [1.807, 2.05) is 48.5 Å². The minimum absolute atomic E-state index is 0.0554. The van der Waals surface area contributed by atoms with Crippen LogP contribution < -0.4 is 10.2 Å². The molecule has 0 atom stereocenters. The quantitative estimate of drug-likeness (QED) is 0.695. The van der Waals surface area contributed by atoms with Crippen LogP contribution in [0.1, 0.15) is 16.1 Å². The predicted molar refractivity (Wildman–Crippen MR) is 103 cm³/mol. The Hall–Kier alpha value is -2.66. The number of carbonyl (C=O) groups is 1. The first-order valence-electron chi connectivity index (χ1n) is 8.09. The van der Waals surface area contributed by atoms with E-state index >= 15 is 0 Å². The summed E-state index contributed by atoms with van der Waals surface area (Å²) in [6.45, 7) is 0.707. The topological polar surface area (TPSA) is 45.2 Å². The molecule has 2 heterocycles. The third kappa shape index (κ3) is 3.28. The highest BCUT2D eigenvalue weighted by Crippen LogP contribution is 2.28. The van der Waals surface area contributed by atoms with E-state index < -0.39 is 0 Å². The third-order valence-electron chi connectivity index (χ3n) is 4.25. The number of aromatic nitrogens is 1. The van der Waals surface area contributed by atoms with Gasteiger partial charge < -0.3 is 10.2 Å². The molecule has 1 aliphatic heterocycles. The number of pyridine rings is 1. The van der Waals surface area contributed by atoms with Crippen LogP contribution in [0.25, 0.3) is 0 Å². The summed E-state index contributed by atoms with van der Waals surface area (Å²) < 4.78 is 1.03. The van der Waals surface area contributed by atoms with Gasteiger partial charge in [0.25, 0.3) is 5.91 Å². The Morgan fingerprint density at radius 2 is 1.76 bits per heavy atom. The summed E-state index contributed by atoms with van der Waals surface area (Å²) >= 11 is 3.42. The van der Waals surface area contributed by atoms with Gasteiger partial charge in [-0.05, 0) is 54.4 Å². The van der Waals surface area contributed by atoms with E-state index in [-0.39, 0.29) is 5.91 Å². The second kappa shape index (κ2) is 6.69. The molecule has 1 N–H and O–H groups in total. The average molecular weight is 394 g/mol. The molecule has 0 spiro atoms. The Bertz CT molecular complexity index is 907. The number of para-hydroxylation sites is 1. The molecule has 0 fully saturated rings. The van der Waals surface area contributed by atoms with Crippen LogP contribution in [-0.2, 0) is 6.42 Å². The number of nitrogens with one attached hydrogen (secondary N) is 1. The minimum Gasteiger partial charge on any atom is -0.354 e. The second-order valence-electron chi connectivity index (χ2n) is 5.90. The molecule has 0 aliphatic carbocycles. The summed E-state index contributed by atoms with van der Waals surface area (Å²) in [6.07, 6.45) is 2.59. The van der Waals surface area contributed by atoms with E-state index in [2.05, 4.69) is 32.3 Å². The molecule has 1 amide bonds. The number of rotatable bonds is 3. The highest BCUT2D eigenvalue weighted by atomic mass is 79.9. The molecule has 124 valence electrons. The lowest BCUT2D eigenvalue weighted by molar-refractivity contribution is 0.0984. The zero-order valence-electron chi connectivity index (χ0n) is 13.4. The van der Waals surface area contributed by atoms with E-state index in [1.54, 1.807) is 17.2 Å². The van der Waals surface area contributed by atoms with Gasteiger partial charge in [0.1, 0.15) is 5.69 Å². The summed E-state index contributed by atoms with van der Waals surface area (Å²) in [7, 11) is 0. The van der Waals surface area contributed by atoms with Crippen LogP contribution in [0.15, 0.2) is 71.3 Å². The molecule has 4 nitrogen and oxygen atoms in total. The van der Waals surface area contributed by atoms with Crippen molar-refractivity contribution >= 4 is 38.9 Å². The van der Waals surface area contributed by atoms with Crippen molar-refractivity contribution in [2.75, 3.05) is 16.8 Å². The van der Waals surface area contributed by atoms with Crippen LogP contribution in [0.5, 0.6) is 0 Å². The van der Waals surface area contributed by atoms with Gasteiger partial charge in [-0.2, -0.15) is 0 Å². The molecule has 0 saturated heterocycles. The molecule has 0 saturated carbocycles. The van der Waals surface area contributed by atoms with E-state index in [4.69, 9.17) is 0 Å². The van der Waals surface area contributed by atoms with Crippen molar-refractivity contribution in [2.45, 2.75) is 6.42 Å². The van der Waals surface area contributed by atoms with Crippen molar-refractivity contribution in [1.82, 2.24) is 4.98 Å². The fraction of sp³-hybridized carbons (Fsp3) is 0.100. The Labute approximate surface area is 154 Å². The summed E-state index contributed by atoms with van der Waals surface area (Å²) in [5.74, 6) is -0.0554. The Kier molecular flexibility index (Phi) is 4.24. The Balaban J connectivity index is 1.50. The molecular weight excluding hydrogens is 378 g/mol. The third-order valence-corrected chi connectivity index (χ3v) is 4.78. The number of hydrogen-bond acceptors (Lipinski definition) is 3. The summed E-state index contributed by atoms with van der Waals surface area (Å²) in [6, 6.07) is 19.6. The second-order valence-corrected chi connectivity index (χ2v) is 6.82. The summed E-state index contributed by atoms with van der Waals surface area (Å²) in [5, 5.41) is 3.27. The molecule has 0 unspecified atom stereocenters. The number of anilines is 3. The summed E-state index contributed by atoms with van der Waals surface area (Å²) in [4.78, 5) is 18.9. The average Bonchev–Trinajstić information content (AvgIpc) is 3.08. The normalized spacial score (nSPS) is 12.8. The van der Waals surface area contributed by atoms with Crippen molar-refractivity contribution in [2.24, 2.45) is 0 Å². The number of halogens is 1. The lowest BCUT2D eigenvalue weighted by Crippen LogP contribution is -2.29. The van der Waals surface area contributed by atoms with Gasteiger partial charge in [0, 0.05) is 22.4 Å². The number of nitrogens with zero attached hydrogens (tertiary/aromatic N) is 2. The smallest absolute Gasteiger partial charge is 0.276 e. The number of amides is 1. The van der Waals surface area contributed by atoms with Crippen LogP contribution in [0.3, 0.4) is 0 Å². The molecule has 4 rings (SSSR count). The molecule has 25 heavy (non-hydrogen) atoms. The SMILES string of the molecule is O=C(c1ccc(Nc2ccc(Br)cc2)cn1)N1CCc2ccccc21. The molecule has 0 radical (unpaired) electrons. The Morgan fingerprint density at radius 1 is 1.00 bits per heavy atom. The highest BCUT2D eigenvalue weighted by molar-refractivity contribution is 9.10. The first kappa shape index (κ1) is 15.8. The van der Waals surface area contributed by atoms with E-state index in [1.165, 1.54) is 5.56 Å². The van der Waals surface area contributed by atoms with Crippen LogP contribution in [0.4, 0.5) is 17.1 Å². The molecule has 2 aromatic carbocycles. The fourth-order valence-electron chi connectivity index (χ4n) is 2.98. The zero-order valence-corrected chi connectivity index (χ0v) is 15.0. The molecule has 3 aromatic rings. The van der Waals surface area contributed by atoms with E-state index in [0.717, 1.165) is 28.0 Å². The van der Waals surface area contributed by atoms with Gasteiger partial charge in [0.15, 0.2) is 0 Å².